The highest BCUT2D eigenvalue weighted by Crippen LogP contribution is 2.17. The number of rotatable bonds is 7. The maximum atomic E-state index is 11.9. The van der Waals surface area contributed by atoms with Crippen molar-refractivity contribution in [3.63, 3.8) is 0 Å². The highest BCUT2D eigenvalue weighted by Gasteiger charge is 2.26. The molecule has 0 radical (unpaired) electrons. The van der Waals surface area contributed by atoms with Gasteiger partial charge in [0.25, 0.3) is 0 Å². The van der Waals surface area contributed by atoms with Gasteiger partial charge < -0.3 is 5.32 Å². The first kappa shape index (κ1) is 14.8. The fraction of sp³-hybridized carbons (Fsp3) is 0.917. The number of carbonyl (C=O) groups is 1. The van der Waals surface area contributed by atoms with Gasteiger partial charge in [0.2, 0.25) is 5.91 Å². The number of alkyl halides is 1. The van der Waals surface area contributed by atoms with E-state index in [0.29, 0.717) is 5.88 Å². The Morgan fingerprint density at radius 1 is 1.33 bits per heavy atom. The van der Waals surface area contributed by atoms with E-state index in [0.717, 1.165) is 25.7 Å². The standard InChI is InChI=1S/C12H24ClNO/c1-5-10(6-2)11(15)14-12(4,7-3)8-9-13/h10H,5-9H2,1-4H3,(H,14,15). The minimum Gasteiger partial charge on any atom is -0.351 e. The van der Waals surface area contributed by atoms with Gasteiger partial charge >= 0.3 is 0 Å². The lowest BCUT2D eigenvalue weighted by Crippen LogP contribution is -2.48. The molecule has 2 nitrogen and oxygen atoms in total. The number of nitrogens with one attached hydrogen (secondary N) is 1. The van der Waals surface area contributed by atoms with Crippen molar-refractivity contribution in [3.05, 3.63) is 0 Å². The average molecular weight is 234 g/mol. The summed E-state index contributed by atoms with van der Waals surface area (Å²) in [5.41, 5.74) is -0.137. The van der Waals surface area contributed by atoms with Crippen molar-refractivity contribution in [1.29, 1.82) is 0 Å². The quantitative estimate of drug-likeness (QED) is 0.672. The lowest BCUT2D eigenvalue weighted by atomic mass is 9.93. The molecule has 15 heavy (non-hydrogen) atoms. The van der Waals surface area contributed by atoms with E-state index in [1.165, 1.54) is 0 Å². The molecule has 0 heterocycles. The summed E-state index contributed by atoms with van der Waals surface area (Å²) in [6.07, 6.45) is 3.56. The Balaban J connectivity index is 4.34. The molecule has 90 valence electrons. The zero-order valence-electron chi connectivity index (χ0n) is 10.4. The van der Waals surface area contributed by atoms with Gasteiger partial charge in [-0.15, -0.1) is 11.6 Å². The van der Waals surface area contributed by atoms with E-state index >= 15 is 0 Å². The van der Waals surface area contributed by atoms with Crippen LogP contribution in [-0.2, 0) is 4.79 Å². The molecule has 1 amide bonds. The predicted molar refractivity (Wildman–Crippen MR) is 66.2 cm³/mol. The molecule has 0 bridgehead atoms. The summed E-state index contributed by atoms with van der Waals surface area (Å²) in [6, 6.07) is 0. The summed E-state index contributed by atoms with van der Waals surface area (Å²) in [6.45, 7) is 8.26. The lowest BCUT2D eigenvalue weighted by molar-refractivity contribution is -0.127. The van der Waals surface area contributed by atoms with E-state index in [2.05, 4.69) is 33.0 Å². The maximum absolute atomic E-state index is 11.9. The molecular weight excluding hydrogens is 210 g/mol. The number of hydrogen-bond acceptors (Lipinski definition) is 1. The van der Waals surface area contributed by atoms with Crippen molar-refractivity contribution < 1.29 is 4.79 Å². The molecule has 1 N–H and O–H groups in total. The summed E-state index contributed by atoms with van der Waals surface area (Å²) in [4.78, 5) is 11.9. The Morgan fingerprint density at radius 3 is 2.20 bits per heavy atom. The van der Waals surface area contributed by atoms with Crippen molar-refractivity contribution in [2.45, 2.75) is 58.9 Å². The highest BCUT2D eigenvalue weighted by atomic mass is 35.5. The molecule has 0 aromatic heterocycles. The van der Waals surface area contributed by atoms with Gasteiger partial charge in [0, 0.05) is 17.3 Å². The average Bonchev–Trinajstić information content (AvgIpc) is 2.20. The maximum Gasteiger partial charge on any atom is 0.223 e. The van der Waals surface area contributed by atoms with E-state index in [1.807, 2.05) is 0 Å². The van der Waals surface area contributed by atoms with Crippen molar-refractivity contribution >= 4 is 17.5 Å². The van der Waals surface area contributed by atoms with Gasteiger partial charge in [-0.3, -0.25) is 4.79 Å². The molecule has 0 rings (SSSR count). The molecule has 1 unspecified atom stereocenters. The molecular formula is C12H24ClNO. The molecule has 0 saturated carbocycles. The van der Waals surface area contributed by atoms with Crippen LogP contribution in [0.15, 0.2) is 0 Å². The van der Waals surface area contributed by atoms with Crippen LogP contribution in [0.4, 0.5) is 0 Å². The van der Waals surface area contributed by atoms with Crippen molar-refractivity contribution in [1.82, 2.24) is 5.32 Å². The van der Waals surface area contributed by atoms with Crippen LogP contribution in [0.25, 0.3) is 0 Å². The molecule has 0 aliphatic rings. The van der Waals surface area contributed by atoms with Gasteiger partial charge in [0.05, 0.1) is 0 Å². The molecule has 3 heteroatoms. The smallest absolute Gasteiger partial charge is 0.223 e. The Kier molecular flexibility index (Phi) is 6.99. The van der Waals surface area contributed by atoms with Crippen LogP contribution in [-0.4, -0.2) is 17.3 Å². The van der Waals surface area contributed by atoms with Crippen molar-refractivity contribution in [3.8, 4) is 0 Å². The number of halogens is 1. The number of carbonyl (C=O) groups excluding carboxylic acids is 1. The number of amides is 1. The van der Waals surface area contributed by atoms with Crippen LogP contribution in [0, 0.1) is 5.92 Å². The first-order valence-electron chi connectivity index (χ1n) is 5.90. The van der Waals surface area contributed by atoms with Gasteiger partial charge in [-0.05, 0) is 32.6 Å². The third-order valence-electron chi connectivity index (χ3n) is 3.21. The molecule has 1 atom stereocenters. The Morgan fingerprint density at radius 2 is 1.87 bits per heavy atom. The van der Waals surface area contributed by atoms with Gasteiger partial charge in [-0.25, -0.2) is 0 Å². The number of hydrogen-bond donors (Lipinski definition) is 1. The Hall–Kier alpha value is -0.240. The van der Waals surface area contributed by atoms with Crippen LogP contribution >= 0.6 is 11.6 Å². The minimum absolute atomic E-state index is 0.137. The second-order valence-corrected chi connectivity index (χ2v) is 4.73. The molecule has 0 fully saturated rings. The van der Waals surface area contributed by atoms with Gasteiger partial charge in [0.15, 0.2) is 0 Å². The van der Waals surface area contributed by atoms with Crippen LogP contribution in [0.5, 0.6) is 0 Å². The van der Waals surface area contributed by atoms with Crippen molar-refractivity contribution in [2.75, 3.05) is 5.88 Å². The predicted octanol–water partition coefficient (Wildman–Crippen LogP) is 3.34. The van der Waals surface area contributed by atoms with E-state index in [9.17, 15) is 4.79 Å². The lowest BCUT2D eigenvalue weighted by Gasteiger charge is -2.30. The van der Waals surface area contributed by atoms with E-state index in [-0.39, 0.29) is 17.4 Å². The summed E-state index contributed by atoms with van der Waals surface area (Å²) >= 11 is 5.74. The largest absolute Gasteiger partial charge is 0.351 e. The molecule has 0 aromatic carbocycles. The summed E-state index contributed by atoms with van der Waals surface area (Å²) in [5.74, 6) is 0.911. The van der Waals surface area contributed by atoms with Gasteiger partial charge in [-0.2, -0.15) is 0 Å². The fourth-order valence-corrected chi connectivity index (χ4v) is 2.01. The van der Waals surface area contributed by atoms with Crippen LogP contribution in [0.3, 0.4) is 0 Å². The summed E-state index contributed by atoms with van der Waals surface area (Å²) in [7, 11) is 0. The zero-order valence-corrected chi connectivity index (χ0v) is 11.2. The second kappa shape index (κ2) is 7.10. The monoisotopic (exact) mass is 233 g/mol. The summed E-state index contributed by atoms with van der Waals surface area (Å²) in [5, 5.41) is 3.12. The first-order chi connectivity index (χ1) is 7.02. The molecule has 0 aliphatic heterocycles. The van der Waals surface area contributed by atoms with E-state index in [4.69, 9.17) is 11.6 Å². The summed E-state index contributed by atoms with van der Waals surface area (Å²) < 4.78 is 0. The van der Waals surface area contributed by atoms with Crippen LogP contribution in [0.2, 0.25) is 0 Å². The third-order valence-corrected chi connectivity index (χ3v) is 3.40. The van der Waals surface area contributed by atoms with Crippen LogP contribution in [0.1, 0.15) is 53.4 Å². The van der Waals surface area contributed by atoms with Crippen LogP contribution < -0.4 is 5.32 Å². The third kappa shape index (κ3) is 4.87. The Labute approximate surface area is 98.8 Å². The Bertz CT molecular complexity index is 192. The zero-order chi connectivity index (χ0) is 11.9. The second-order valence-electron chi connectivity index (χ2n) is 4.36. The molecule has 0 aromatic rings. The van der Waals surface area contributed by atoms with Gasteiger partial charge in [-0.1, -0.05) is 20.8 Å². The SMILES string of the molecule is CCC(CC)C(=O)NC(C)(CC)CCCl. The minimum atomic E-state index is -0.137. The molecule has 0 spiro atoms. The molecule has 0 aliphatic carbocycles. The van der Waals surface area contributed by atoms with Crippen molar-refractivity contribution in [2.24, 2.45) is 5.92 Å². The highest BCUT2D eigenvalue weighted by molar-refractivity contribution is 6.17. The normalized spacial score (nSPS) is 15.1. The molecule has 0 saturated heterocycles. The topological polar surface area (TPSA) is 29.1 Å². The van der Waals surface area contributed by atoms with E-state index in [1.54, 1.807) is 0 Å². The first-order valence-corrected chi connectivity index (χ1v) is 6.44. The fourth-order valence-electron chi connectivity index (χ4n) is 1.60. The van der Waals surface area contributed by atoms with Gasteiger partial charge in [0.1, 0.15) is 0 Å². The van der Waals surface area contributed by atoms with E-state index < -0.39 is 0 Å².